The summed E-state index contributed by atoms with van der Waals surface area (Å²) in [6.45, 7) is 2.06. The van der Waals surface area contributed by atoms with Crippen LogP contribution >= 0.6 is 0 Å². The summed E-state index contributed by atoms with van der Waals surface area (Å²) in [5, 5.41) is 1.78. The van der Waals surface area contributed by atoms with E-state index in [1.54, 1.807) is 31.3 Å². The zero-order valence-corrected chi connectivity index (χ0v) is 16.1. The molecule has 7 heteroatoms. The number of hydrogen-bond acceptors (Lipinski definition) is 6. The van der Waals surface area contributed by atoms with Crippen LogP contribution in [-0.4, -0.2) is 34.4 Å². The molecule has 0 saturated heterocycles. The van der Waals surface area contributed by atoms with E-state index in [1.165, 1.54) is 11.0 Å². The summed E-state index contributed by atoms with van der Waals surface area (Å²) in [7, 11) is 1.68. The molecule has 0 N–H and O–H groups in total. The highest BCUT2D eigenvalue weighted by Crippen LogP contribution is 2.19. The monoisotopic (exact) mass is 389 g/mol. The van der Waals surface area contributed by atoms with Gasteiger partial charge in [-0.25, -0.2) is 14.8 Å². The number of rotatable bonds is 5. The predicted molar refractivity (Wildman–Crippen MR) is 109 cm³/mol. The minimum atomic E-state index is -0.434. The Morgan fingerprint density at radius 3 is 2.76 bits per heavy atom. The summed E-state index contributed by atoms with van der Waals surface area (Å²) >= 11 is 0. The Morgan fingerprint density at radius 2 is 1.90 bits per heavy atom. The second-order valence-electron chi connectivity index (χ2n) is 6.73. The standard InChI is InChI=1S/C22H19N3O4/c1-14-17-5-3-4-6-18(17)24-20(23-14)12-25(2)21(26)13-28-16-9-7-15-8-10-22(27)29-19(15)11-16/h3-11H,12-13H2,1-2H3. The van der Waals surface area contributed by atoms with E-state index < -0.39 is 5.63 Å². The smallest absolute Gasteiger partial charge is 0.336 e. The van der Waals surface area contributed by atoms with E-state index in [-0.39, 0.29) is 19.1 Å². The quantitative estimate of drug-likeness (QED) is 0.488. The van der Waals surface area contributed by atoms with E-state index in [0.29, 0.717) is 17.2 Å². The second kappa shape index (κ2) is 7.71. The van der Waals surface area contributed by atoms with Gasteiger partial charge in [-0.15, -0.1) is 0 Å². The van der Waals surface area contributed by atoms with Gasteiger partial charge in [0.05, 0.1) is 12.1 Å². The van der Waals surface area contributed by atoms with Gasteiger partial charge >= 0.3 is 5.63 Å². The number of para-hydroxylation sites is 1. The first-order valence-electron chi connectivity index (χ1n) is 9.12. The van der Waals surface area contributed by atoms with Crippen LogP contribution in [0.3, 0.4) is 0 Å². The molecule has 2 aromatic carbocycles. The molecule has 4 rings (SSSR count). The number of fused-ring (bicyclic) bond motifs is 2. The lowest BCUT2D eigenvalue weighted by molar-refractivity contribution is -0.132. The third-order valence-corrected chi connectivity index (χ3v) is 4.60. The first kappa shape index (κ1) is 18.6. The molecule has 0 unspecified atom stereocenters. The highest BCUT2D eigenvalue weighted by molar-refractivity contribution is 5.81. The van der Waals surface area contributed by atoms with Crippen LogP contribution in [0.1, 0.15) is 11.5 Å². The number of ether oxygens (including phenoxy) is 1. The molecule has 0 bridgehead atoms. The van der Waals surface area contributed by atoms with E-state index in [4.69, 9.17) is 9.15 Å². The zero-order chi connectivity index (χ0) is 20.4. The van der Waals surface area contributed by atoms with Gasteiger partial charge in [-0.2, -0.15) is 0 Å². The maximum atomic E-state index is 12.5. The van der Waals surface area contributed by atoms with Crippen molar-refractivity contribution in [1.29, 1.82) is 0 Å². The van der Waals surface area contributed by atoms with Crippen molar-refractivity contribution in [2.45, 2.75) is 13.5 Å². The summed E-state index contributed by atoms with van der Waals surface area (Å²) in [4.78, 5) is 34.4. The Hall–Kier alpha value is -3.74. The minimum absolute atomic E-state index is 0.147. The van der Waals surface area contributed by atoms with Crippen LogP contribution in [0.15, 0.2) is 63.8 Å². The van der Waals surface area contributed by atoms with Gasteiger partial charge in [-0.1, -0.05) is 18.2 Å². The maximum Gasteiger partial charge on any atom is 0.336 e. The fourth-order valence-corrected chi connectivity index (χ4v) is 3.05. The lowest BCUT2D eigenvalue weighted by atomic mass is 10.2. The molecule has 0 saturated carbocycles. The molecule has 29 heavy (non-hydrogen) atoms. The number of amides is 1. The Labute approximate surface area is 166 Å². The van der Waals surface area contributed by atoms with Gasteiger partial charge in [0.2, 0.25) is 0 Å². The van der Waals surface area contributed by atoms with Crippen molar-refractivity contribution in [3.8, 4) is 5.75 Å². The number of aryl methyl sites for hydroxylation is 1. The van der Waals surface area contributed by atoms with Crippen LogP contribution in [0, 0.1) is 6.92 Å². The lowest BCUT2D eigenvalue weighted by Gasteiger charge is -2.17. The molecule has 0 spiro atoms. The minimum Gasteiger partial charge on any atom is -0.484 e. The molecule has 2 heterocycles. The molecular weight excluding hydrogens is 370 g/mol. The average Bonchev–Trinajstić information content (AvgIpc) is 2.71. The number of nitrogens with zero attached hydrogens (tertiary/aromatic N) is 3. The lowest BCUT2D eigenvalue weighted by Crippen LogP contribution is -2.31. The van der Waals surface area contributed by atoms with Gasteiger partial charge < -0.3 is 14.1 Å². The molecule has 0 radical (unpaired) electrons. The van der Waals surface area contributed by atoms with Gasteiger partial charge in [-0.05, 0) is 31.2 Å². The Bertz CT molecular complexity index is 1270. The van der Waals surface area contributed by atoms with Crippen LogP contribution in [0.5, 0.6) is 5.75 Å². The zero-order valence-electron chi connectivity index (χ0n) is 16.1. The fraction of sp³-hybridized carbons (Fsp3) is 0.182. The van der Waals surface area contributed by atoms with Gasteiger partial charge in [-0.3, -0.25) is 4.79 Å². The number of aromatic nitrogens is 2. The van der Waals surface area contributed by atoms with E-state index in [2.05, 4.69) is 9.97 Å². The molecule has 4 aromatic rings. The Balaban J connectivity index is 1.43. The van der Waals surface area contributed by atoms with Gasteiger partial charge in [0.15, 0.2) is 6.61 Å². The largest absolute Gasteiger partial charge is 0.484 e. The molecule has 7 nitrogen and oxygen atoms in total. The molecule has 2 aromatic heterocycles. The van der Waals surface area contributed by atoms with E-state index in [0.717, 1.165) is 22.0 Å². The summed E-state index contributed by atoms with van der Waals surface area (Å²) in [5.41, 5.74) is 1.71. The van der Waals surface area contributed by atoms with E-state index in [1.807, 2.05) is 31.2 Å². The third-order valence-electron chi connectivity index (χ3n) is 4.60. The van der Waals surface area contributed by atoms with Crippen molar-refractivity contribution in [3.05, 3.63) is 76.5 Å². The molecule has 146 valence electrons. The Morgan fingerprint density at radius 1 is 1.10 bits per heavy atom. The number of carbonyl (C=O) groups is 1. The molecule has 0 atom stereocenters. The van der Waals surface area contributed by atoms with Crippen molar-refractivity contribution in [2.75, 3.05) is 13.7 Å². The highest BCUT2D eigenvalue weighted by Gasteiger charge is 2.13. The van der Waals surface area contributed by atoms with Crippen LogP contribution < -0.4 is 10.4 Å². The number of likely N-dealkylation sites (N-methyl/N-ethyl adjacent to an activating group) is 1. The van der Waals surface area contributed by atoms with Crippen molar-refractivity contribution < 1.29 is 13.9 Å². The number of carbonyl (C=O) groups excluding carboxylic acids is 1. The molecule has 0 aliphatic rings. The molecule has 0 aliphatic carbocycles. The summed E-state index contributed by atoms with van der Waals surface area (Å²) < 4.78 is 10.7. The second-order valence-corrected chi connectivity index (χ2v) is 6.73. The third kappa shape index (κ3) is 4.08. The summed E-state index contributed by atoms with van der Waals surface area (Å²) in [6, 6.07) is 15.9. The molecule has 0 fully saturated rings. The van der Waals surface area contributed by atoms with E-state index in [9.17, 15) is 9.59 Å². The van der Waals surface area contributed by atoms with Gasteiger partial charge in [0, 0.05) is 35.6 Å². The fourth-order valence-electron chi connectivity index (χ4n) is 3.05. The predicted octanol–water partition coefficient (Wildman–Crippen LogP) is 3.08. The number of benzene rings is 2. The first-order chi connectivity index (χ1) is 14.0. The van der Waals surface area contributed by atoms with Crippen molar-refractivity contribution in [1.82, 2.24) is 14.9 Å². The first-order valence-corrected chi connectivity index (χ1v) is 9.12. The van der Waals surface area contributed by atoms with Crippen LogP contribution in [0.25, 0.3) is 21.9 Å². The molecule has 0 aliphatic heterocycles. The van der Waals surface area contributed by atoms with Gasteiger partial charge in [0.1, 0.15) is 17.2 Å². The SMILES string of the molecule is Cc1nc(CN(C)C(=O)COc2ccc3ccc(=O)oc3c2)nc2ccccc12. The topological polar surface area (TPSA) is 85.5 Å². The number of hydrogen-bond donors (Lipinski definition) is 0. The molecular formula is C22H19N3O4. The highest BCUT2D eigenvalue weighted by atomic mass is 16.5. The maximum absolute atomic E-state index is 12.5. The normalized spacial score (nSPS) is 11.0. The van der Waals surface area contributed by atoms with E-state index >= 15 is 0 Å². The van der Waals surface area contributed by atoms with Crippen LogP contribution in [0.4, 0.5) is 0 Å². The summed E-state index contributed by atoms with van der Waals surface area (Å²) in [6.07, 6.45) is 0. The van der Waals surface area contributed by atoms with Crippen molar-refractivity contribution in [2.24, 2.45) is 0 Å². The summed E-state index contributed by atoms with van der Waals surface area (Å²) in [5.74, 6) is 0.810. The van der Waals surface area contributed by atoms with Crippen LogP contribution in [-0.2, 0) is 11.3 Å². The molecule has 1 amide bonds. The average molecular weight is 389 g/mol. The Kier molecular flexibility index (Phi) is 4.95. The van der Waals surface area contributed by atoms with Crippen molar-refractivity contribution >= 4 is 27.8 Å². The van der Waals surface area contributed by atoms with Gasteiger partial charge in [0.25, 0.3) is 5.91 Å². The van der Waals surface area contributed by atoms with Crippen molar-refractivity contribution in [3.63, 3.8) is 0 Å². The van der Waals surface area contributed by atoms with Crippen LogP contribution in [0.2, 0.25) is 0 Å².